The molecule has 10 nitrogen and oxygen atoms in total. The van der Waals surface area contributed by atoms with Gasteiger partial charge in [-0.25, -0.2) is 14.2 Å². The standard InChI is InChI=1S/C34H33FN4O6/c1-4-20(14-40)23-11-29-32-24(13-39(29)33(42)25(23)16-44-3)31-27(10-9-22-18(2)26(35)12-28(37-32)30(22)31)38-34(43)45-15-19-5-7-21(8-6-19)36-17-41/h5-8,11-12,14,17,20,27H,4,9-10,13,15-16H2,1-3H3,(H,36,41)(H,38,43). The van der Waals surface area contributed by atoms with E-state index in [4.69, 9.17) is 14.5 Å². The predicted octanol–water partition coefficient (Wildman–Crippen LogP) is 5.19. The minimum absolute atomic E-state index is 0.0197. The number of aryl methyl sites for hydroxylation is 1. The van der Waals surface area contributed by atoms with Crippen molar-refractivity contribution in [2.45, 2.75) is 64.8 Å². The number of anilines is 1. The summed E-state index contributed by atoms with van der Waals surface area (Å²) >= 11 is 0. The molecule has 2 unspecified atom stereocenters. The molecule has 2 amide bonds. The molecule has 45 heavy (non-hydrogen) atoms. The minimum atomic E-state index is -0.620. The van der Waals surface area contributed by atoms with Gasteiger partial charge >= 0.3 is 6.09 Å². The lowest BCUT2D eigenvalue weighted by molar-refractivity contribution is -0.109. The number of nitrogens with one attached hydrogen (secondary N) is 2. The van der Waals surface area contributed by atoms with E-state index in [1.807, 2.05) is 13.0 Å². The first-order valence-corrected chi connectivity index (χ1v) is 14.9. The number of ether oxygens (including phenoxy) is 2. The number of pyridine rings is 2. The first kappa shape index (κ1) is 30.1. The number of carbonyl (C=O) groups excluding carboxylic acids is 3. The van der Waals surface area contributed by atoms with Crippen molar-refractivity contribution >= 4 is 35.4 Å². The van der Waals surface area contributed by atoms with E-state index in [1.165, 1.54) is 13.2 Å². The van der Waals surface area contributed by atoms with E-state index in [1.54, 1.807) is 35.8 Å². The van der Waals surface area contributed by atoms with E-state index >= 15 is 4.39 Å². The number of fused-ring (bicyclic) bond motifs is 4. The SMILES string of the molecule is CCC(C=O)c1cc2n(c(=O)c1COC)Cc1c-2nc2cc(F)c(C)c3c2c1C(NC(=O)OCc1ccc(NC=O)cc1)CC3. The number of aldehydes is 1. The van der Waals surface area contributed by atoms with Crippen LogP contribution < -0.4 is 16.2 Å². The summed E-state index contributed by atoms with van der Waals surface area (Å²) in [7, 11) is 1.50. The average molecular weight is 613 g/mol. The Morgan fingerprint density at radius 3 is 2.64 bits per heavy atom. The maximum Gasteiger partial charge on any atom is 0.407 e. The molecule has 1 aliphatic carbocycles. The van der Waals surface area contributed by atoms with Crippen LogP contribution in [0.2, 0.25) is 0 Å². The van der Waals surface area contributed by atoms with Crippen LogP contribution in [0.25, 0.3) is 22.3 Å². The Balaban J connectivity index is 1.42. The first-order chi connectivity index (χ1) is 21.8. The maximum atomic E-state index is 15.1. The number of hydrogen-bond acceptors (Lipinski definition) is 7. The van der Waals surface area contributed by atoms with E-state index in [-0.39, 0.29) is 31.1 Å². The highest BCUT2D eigenvalue weighted by Gasteiger charge is 2.35. The second-order valence-corrected chi connectivity index (χ2v) is 11.4. The molecule has 232 valence electrons. The Labute approximate surface area is 258 Å². The van der Waals surface area contributed by atoms with E-state index in [0.717, 1.165) is 33.9 Å². The Morgan fingerprint density at radius 1 is 1.18 bits per heavy atom. The Morgan fingerprint density at radius 2 is 1.96 bits per heavy atom. The van der Waals surface area contributed by atoms with E-state index in [9.17, 15) is 19.2 Å². The van der Waals surface area contributed by atoms with Gasteiger partial charge in [0.2, 0.25) is 6.41 Å². The van der Waals surface area contributed by atoms with Gasteiger partial charge in [-0.3, -0.25) is 9.59 Å². The molecule has 2 aromatic carbocycles. The van der Waals surface area contributed by atoms with E-state index in [2.05, 4.69) is 10.6 Å². The van der Waals surface area contributed by atoms with E-state index in [0.29, 0.717) is 65.0 Å². The Bertz CT molecular complexity index is 1900. The number of methoxy groups -OCH3 is 1. The van der Waals surface area contributed by atoms with Gasteiger partial charge in [0.05, 0.1) is 36.1 Å². The van der Waals surface area contributed by atoms with E-state index < -0.39 is 18.1 Å². The second-order valence-electron chi connectivity index (χ2n) is 11.4. The van der Waals surface area contributed by atoms with Gasteiger partial charge in [-0.15, -0.1) is 0 Å². The summed E-state index contributed by atoms with van der Waals surface area (Å²) in [5, 5.41) is 6.35. The maximum absolute atomic E-state index is 15.1. The summed E-state index contributed by atoms with van der Waals surface area (Å²) in [4.78, 5) is 54.5. The number of benzene rings is 2. The third-order valence-electron chi connectivity index (χ3n) is 8.90. The lowest BCUT2D eigenvalue weighted by Crippen LogP contribution is -2.32. The van der Waals surface area contributed by atoms with Gasteiger partial charge in [0, 0.05) is 41.3 Å². The Hall–Kier alpha value is -4.90. The lowest BCUT2D eigenvalue weighted by Gasteiger charge is -2.29. The molecule has 0 radical (unpaired) electrons. The molecule has 0 saturated carbocycles. The molecule has 6 rings (SSSR count). The molecule has 3 heterocycles. The number of nitrogens with zero attached hydrogens (tertiary/aromatic N) is 2. The number of amides is 2. The van der Waals surface area contributed by atoms with Gasteiger partial charge in [-0.1, -0.05) is 19.1 Å². The van der Waals surface area contributed by atoms with Crippen LogP contribution >= 0.6 is 0 Å². The number of alkyl carbamates (subject to hydrolysis) is 1. The molecule has 0 spiro atoms. The summed E-state index contributed by atoms with van der Waals surface area (Å²) in [5.41, 5.74) is 6.57. The highest BCUT2D eigenvalue weighted by Crippen LogP contribution is 2.45. The zero-order valence-electron chi connectivity index (χ0n) is 25.2. The third kappa shape index (κ3) is 5.27. The smallest absolute Gasteiger partial charge is 0.407 e. The molecule has 1 aliphatic heterocycles. The van der Waals surface area contributed by atoms with Crippen molar-refractivity contribution in [3.05, 3.63) is 91.5 Å². The quantitative estimate of drug-likeness (QED) is 0.208. The third-order valence-corrected chi connectivity index (χ3v) is 8.90. The number of carbonyl (C=O) groups is 3. The molecule has 0 bridgehead atoms. The van der Waals surface area contributed by atoms with Crippen molar-refractivity contribution in [3.63, 3.8) is 0 Å². The summed E-state index contributed by atoms with van der Waals surface area (Å²) in [6, 6.07) is 9.68. The van der Waals surface area contributed by atoms with Gasteiger partial charge in [0.15, 0.2) is 0 Å². The molecule has 2 aromatic heterocycles. The van der Waals surface area contributed by atoms with Crippen LogP contribution in [0.15, 0.2) is 41.2 Å². The highest BCUT2D eigenvalue weighted by atomic mass is 19.1. The number of halogens is 1. The van der Waals surface area contributed by atoms with Crippen molar-refractivity contribution in [1.82, 2.24) is 14.9 Å². The Kier molecular flexibility index (Phi) is 8.20. The van der Waals surface area contributed by atoms with Gasteiger partial charge in [-0.05, 0) is 72.2 Å². The lowest BCUT2D eigenvalue weighted by atomic mass is 9.82. The van der Waals surface area contributed by atoms with Crippen LogP contribution in [-0.4, -0.2) is 35.5 Å². The van der Waals surface area contributed by atoms with Gasteiger partial charge < -0.3 is 29.5 Å². The molecular formula is C34H33FN4O6. The molecule has 2 N–H and O–H groups in total. The molecule has 11 heteroatoms. The van der Waals surface area contributed by atoms with Gasteiger partial charge in [-0.2, -0.15) is 0 Å². The van der Waals surface area contributed by atoms with Crippen LogP contribution in [0.3, 0.4) is 0 Å². The number of hydrogen-bond donors (Lipinski definition) is 2. The molecule has 0 saturated heterocycles. The summed E-state index contributed by atoms with van der Waals surface area (Å²) in [5.74, 6) is -0.862. The normalized spacial score (nSPS) is 15.2. The summed E-state index contributed by atoms with van der Waals surface area (Å²) in [6.45, 7) is 3.91. The topological polar surface area (TPSA) is 129 Å². The zero-order valence-corrected chi connectivity index (χ0v) is 25.2. The van der Waals surface area contributed by atoms with Crippen LogP contribution in [0, 0.1) is 12.7 Å². The van der Waals surface area contributed by atoms with Crippen molar-refractivity contribution in [1.29, 1.82) is 0 Å². The summed E-state index contributed by atoms with van der Waals surface area (Å²) in [6.07, 6.45) is 2.34. The van der Waals surface area contributed by atoms with Crippen LogP contribution in [0.1, 0.15) is 70.7 Å². The van der Waals surface area contributed by atoms with Crippen LogP contribution in [0.4, 0.5) is 14.9 Å². The predicted molar refractivity (Wildman–Crippen MR) is 166 cm³/mol. The van der Waals surface area contributed by atoms with Crippen molar-refractivity contribution in [3.8, 4) is 11.4 Å². The minimum Gasteiger partial charge on any atom is -0.445 e. The number of aromatic nitrogens is 2. The first-order valence-electron chi connectivity index (χ1n) is 14.9. The summed E-state index contributed by atoms with van der Waals surface area (Å²) < 4.78 is 27.7. The molecule has 2 atom stereocenters. The van der Waals surface area contributed by atoms with Crippen LogP contribution in [0.5, 0.6) is 0 Å². The van der Waals surface area contributed by atoms with Crippen LogP contribution in [-0.2, 0) is 45.2 Å². The fourth-order valence-electron chi connectivity index (χ4n) is 6.62. The van der Waals surface area contributed by atoms with Crippen molar-refractivity contribution in [2.75, 3.05) is 12.4 Å². The second kappa shape index (κ2) is 12.2. The number of rotatable bonds is 10. The highest BCUT2D eigenvalue weighted by molar-refractivity contribution is 5.93. The molecule has 0 fully saturated rings. The van der Waals surface area contributed by atoms with Gasteiger partial charge in [0.25, 0.3) is 5.56 Å². The fraction of sp³-hybridized carbons (Fsp3) is 0.324. The van der Waals surface area contributed by atoms with Crippen molar-refractivity contribution < 1.29 is 28.2 Å². The average Bonchev–Trinajstić information content (AvgIpc) is 3.41. The van der Waals surface area contributed by atoms with Gasteiger partial charge in [0.1, 0.15) is 18.7 Å². The fourth-order valence-corrected chi connectivity index (χ4v) is 6.62. The monoisotopic (exact) mass is 612 g/mol. The van der Waals surface area contributed by atoms with Crippen molar-refractivity contribution in [2.24, 2.45) is 0 Å². The zero-order chi connectivity index (χ0) is 31.8. The molecule has 2 aliphatic rings. The largest absolute Gasteiger partial charge is 0.445 e. The molecular weight excluding hydrogens is 579 g/mol. The molecule has 4 aromatic rings.